The van der Waals surface area contributed by atoms with Gasteiger partial charge in [-0.15, -0.1) is 0 Å². The van der Waals surface area contributed by atoms with Gasteiger partial charge in [0.15, 0.2) is 0 Å². The third-order valence-electron chi connectivity index (χ3n) is 4.30. The molecule has 0 aromatic heterocycles. The van der Waals surface area contributed by atoms with Crippen LogP contribution in [0.25, 0.3) is 33.8 Å². The topological polar surface area (TPSA) is 3.24 Å². The van der Waals surface area contributed by atoms with Crippen LogP contribution in [0.2, 0.25) is 0 Å². The van der Waals surface area contributed by atoms with E-state index in [0.717, 1.165) is 39.2 Å². The molecule has 0 unspecified atom stereocenters. The zero-order chi connectivity index (χ0) is 15.3. The molecular weight excluding hydrogens is 254 g/mol. The summed E-state index contributed by atoms with van der Waals surface area (Å²) in [6.07, 6.45) is 1.90. The average molecular weight is 273 g/mol. The van der Waals surface area contributed by atoms with E-state index in [-0.39, 0.29) is 0 Å². The van der Waals surface area contributed by atoms with Crippen LogP contribution in [0.1, 0.15) is 29.2 Å². The summed E-state index contributed by atoms with van der Waals surface area (Å²) in [6, 6.07) is 8.49. The van der Waals surface area contributed by atoms with Crippen LogP contribution in [0.5, 0.6) is 0 Å². The highest BCUT2D eigenvalue weighted by Gasteiger charge is 2.24. The van der Waals surface area contributed by atoms with Gasteiger partial charge in [0.25, 0.3) is 0 Å². The first-order valence-corrected chi connectivity index (χ1v) is 6.97. The minimum Gasteiger partial charge on any atom is -0.345 e. The summed E-state index contributed by atoms with van der Waals surface area (Å²) in [5.41, 5.74) is 7.61. The Morgan fingerprint density at radius 1 is 1.00 bits per heavy atom. The van der Waals surface area contributed by atoms with Crippen molar-refractivity contribution in [1.29, 1.82) is 0 Å². The zero-order valence-corrected chi connectivity index (χ0v) is 12.7. The van der Waals surface area contributed by atoms with Gasteiger partial charge >= 0.3 is 0 Å². The number of hydrogen-bond acceptors (Lipinski definition) is 1. The van der Waals surface area contributed by atoms with E-state index >= 15 is 0 Å². The first-order chi connectivity index (χ1) is 9.97. The van der Waals surface area contributed by atoms with Crippen molar-refractivity contribution in [1.82, 2.24) is 4.90 Å². The van der Waals surface area contributed by atoms with Crippen LogP contribution in [-0.4, -0.2) is 11.9 Å². The van der Waals surface area contributed by atoms with Gasteiger partial charge in [0, 0.05) is 35.0 Å². The monoisotopic (exact) mass is 273 g/mol. The molecule has 2 aromatic rings. The molecule has 0 atom stereocenters. The van der Waals surface area contributed by atoms with Crippen LogP contribution in [-0.2, 0) is 0 Å². The predicted octanol–water partition coefficient (Wildman–Crippen LogP) is 5.40. The van der Waals surface area contributed by atoms with Crippen molar-refractivity contribution in [3.8, 4) is 0 Å². The number of allylic oxidation sites excluding steroid dienone is 1. The second-order valence-corrected chi connectivity index (χ2v) is 5.55. The molecule has 1 aliphatic heterocycles. The molecular formula is C20H19N. The fourth-order valence-electron chi connectivity index (χ4n) is 3.05. The molecule has 0 N–H and O–H groups in total. The predicted molar refractivity (Wildman–Crippen MR) is 94.6 cm³/mol. The van der Waals surface area contributed by atoms with Crippen LogP contribution in [0.3, 0.4) is 0 Å². The lowest BCUT2D eigenvalue weighted by Gasteiger charge is -2.32. The van der Waals surface area contributed by atoms with E-state index in [0.29, 0.717) is 0 Å². The second-order valence-electron chi connectivity index (χ2n) is 5.55. The summed E-state index contributed by atoms with van der Waals surface area (Å²) in [5.74, 6) is 0. The Labute approximate surface area is 126 Å². The lowest BCUT2D eigenvalue weighted by molar-refractivity contribution is 0.685. The number of nitrogens with zero attached hydrogens (tertiary/aromatic N) is 1. The Morgan fingerprint density at radius 3 is 2.10 bits per heavy atom. The third-order valence-corrected chi connectivity index (χ3v) is 4.30. The first-order valence-electron chi connectivity index (χ1n) is 6.97. The molecule has 2 aromatic carbocycles. The van der Waals surface area contributed by atoms with Crippen LogP contribution in [0.15, 0.2) is 50.6 Å². The summed E-state index contributed by atoms with van der Waals surface area (Å²) >= 11 is 0. The molecule has 1 heteroatoms. The lowest BCUT2D eigenvalue weighted by atomic mass is 9.85. The van der Waals surface area contributed by atoms with Crippen LogP contribution in [0.4, 0.5) is 0 Å². The van der Waals surface area contributed by atoms with E-state index in [9.17, 15) is 0 Å². The van der Waals surface area contributed by atoms with Gasteiger partial charge in [-0.1, -0.05) is 62.2 Å². The maximum Gasteiger partial charge on any atom is 0.0415 e. The quantitative estimate of drug-likeness (QED) is 0.708. The van der Waals surface area contributed by atoms with Crippen molar-refractivity contribution in [3.63, 3.8) is 0 Å². The second kappa shape index (κ2) is 4.49. The van der Waals surface area contributed by atoms with Gasteiger partial charge < -0.3 is 4.90 Å². The minimum absolute atomic E-state index is 0.979. The molecule has 1 heterocycles. The molecule has 0 radical (unpaired) electrons. The highest BCUT2D eigenvalue weighted by molar-refractivity contribution is 6.11. The third kappa shape index (κ3) is 1.71. The van der Waals surface area contributed by atoms with Gasteiger partial charge in [0.1, 0.15) is 0 Å². The molecule has 0 amide bonds. The molecule has 0 spiro atoms. The van der Waals surface area contributed by atoms with Crippen molar-refractivity contribution in [2.24, 2.45) is 0 Å². The van der Waals surface area contributed by atoms with Crippen molar-refractivity contribution in [2.45, 2.75) is 6.92 Å². The normalized spacial score (nSPS) is 13.7. The van der Waals surface area contributed by atoms with Gasteiger partial charge in [0.2, 0.25) is 0 Å². The Hall–Kier alpha value is -2.54. The van der Waals surface area contributed by atoms with E-state index < -0.39 is 0 Å². The molecule has 3 rings (SSSR count). The number of hydrogen-bond donors (Lipinski definition) is 0. The fourth-order valence-corrected chi connectivity index (χ4v) is 3.05. The van der Waals surface area contributed by atoms with Crippen molar-refractivity contribution in [2.75, 3.05) is 7.05 Å². The summed E-state index contributed by atoms with van der Waals surface area (Å²) in [6.45, 7) is 18.5. The van der Waals surface area contributed by atoms with Gasteiger partial charge in [-0.05, 0) is 23.4 Å². The highest BCUT2D eigenvalue weighted by Crippen LogP contribution is 2.43. The molecule has 0 fully saturated rings. The minimum atomic E-state index is 0.979. The summed E-state index contributed by atoms with van der Waals surface area (Å²) < 4.78 is 0. The van der Waals surface area contributed by atoms with E-state index in [1.54, 1.807) is 0 Å². The van der Waals surface area contributed by atoms with Gasteiger partial charge in [-0.3, -0.25) is 0 Å². The Balaban J connectivity index is 2.58. The number of benzene rings is 2. The SMILES string of the molecule is C=Cc1ccc2c3c(ccc(C(=C)C)c13)C(=C)N(C)C2=C. The first kappa shape index (κ1) is 13.4. The standard InChI is InChI=1S/C20H19N/c1-7-15-8-9-17-13(4)21(6)14(5)18-11-10-16(12(2)3)19(15)20(17)18/h7-11H,1-2,4-5H2,3,6H3. The van der Waals surface area contributed by atoms with Gasteiger partial charge in [-0.25, -0.2) is 0 Å². The van der Waals surface area contributed by atoms with E-state index in [2.05, 4.69) is 50.6 Å². The van der Waals surface area contributed by atoms with E-state index in [1.165, 1.54) is 10.8 Å². The Kier molecular flexibility index (Phi) is 2.87. The fraction of sp³-hybridized carbons (Fsp3) is 0.100. The molecule has 0 bridgehead atoms. The largest absolute Gasteiger partial charge is 0.345 e. The highest BCUT2D eigenvalue weighted by atomic mass is 15.1. The summed E-state index contributed by atoms with van der Waals surface area (Å²) in [4.78, 5) is 2.05. The zero-order valence-electron chi connectivity index (χ0n) is 12.7. The lowest BCUT2D eigenvalue weighted by Crippen LogP contribution is -2.19. The Bertz CT molecular complexity index is 814. The van der Waals surface area contributed by atoms with Gasteiger partial charge in [0.05, 0.1) is 0 Å². The van der Waals surface area contributed by atoms with Crippen molar-refractivity contribution < 1.29 is 0 Å². The maximum absolute atomic E-state index is 4.22. The van der Waals surface area contributed by atoms with Crippen LogP contribution < -0.4 is 0 Å². The van der Waals surface area contributed by atoms with Gasteiger partial charge in [-0.2, -0.15) is 0 Å². The molecule has 1 aliphatic rings. The van der Waals surface area contributed by atoms with Crippen molar-refractivity contribution in [3.05, 3.63) is 72.8 Å². The molecule has 21 heavy (non-hydrogen) atoms. The smallest absolute Gasteiger partial charge is 0.0415 e. The Morgan fingerprint density at radius 2 is 1.57 bits per heavy atom. The van der Waals surface area contributed by atoms with E-state index in [4.69, 9.17) is 0 Å². The van der Waals surface area contributed by atoms with Crippen molar-refractivity contribution >= 4 is 33.8 Å². The molecule has 1 nitrogen and oxygen atoms in total. The molecule has 104 valence electrons. The molecule has 0 saturated carbocycles. The summed E-state index contributed by atoms with van der Waals surface area (Å²) in [5, 5.41) is 2.41. The average Bonchev–Trinajstić information content (AvgIpc) is 2.49. The van der Waals surface area contributed by atoms with Crippen LogP contribution >= 0.6 is 0 Å². The van der Waals surface area contributed by atoms with Crippen LogP contribution in [0, 0.1) is 0 Å². The summed E-state index contributed by atoms with van der Waals surface area (Å²) in [7, 11) is 2.01. The molecule has 0 saturated heterocycles. The maximum atomic E-state index is 4.22. The van der Waals surface area contributed by atoms with E-state index in [1.807, 2.05) is 24.9 Å². The molecule has 0 aliphatic carbocycles. The number of rotatable bonds is 2.